The zero-order valence-electron chi connectivity index (χ0n) is 13.3. The van der Waals surface area contributed by atoms with Gasteiger partial charge < -0.3 is 5.32 Å². The molecular weight excluding hydrogens is 355 g/mol. The molecule has 0 unspecified atom stereocenters. The van der Waals surface area contributed by atoms with Crippen molar-refractivity contribution in [1.29, 1.82) is 5.26 Å². The minimum atomic E-state index is -3.85. The molecule has 0 aliphatic carbocycles. The van der Waals surface area contributed by atoms with E-state index in [0.29, 0.717) is 16.9 Å². The summed E-state index contributed by atoms with van der Waals surface area (Å²) < 4.78 is 39.7. The highest BCUT2D eigenvalue weighted by Crippen LogP contribution is 2.20. The van der Waals surface area contributed by atoms with E-state index in [9.17, 15) is 12.8 Å². The smallest absolute Gasteiger partial charge is 0.263 e. The van der Waals surface area contributed by atoms with Crippen molar-refractivity contribution >= 4 is 27.2 Å². The molecule has 3 rings (SSSR count). The normalized spacial score (nSPS) is 10.8. The molecule has 0 fully saturated rings. The third-order valence-corrected chi connectivity index (χ3v) is 4.78. The maximum Gasteiger partial charge on any atom is 0.263 e. The first-order valence-electron chi connectivity index (χ1n) is 7.48. The van der Waals surface area contributed by atoms with Gasteiger partial charge in [0.2, 0.25) is 0 Å². The van der Waals surface area contributed by atoms with Gasteiger partial charge in [-0.1, -0.05) is 6.07 Å². The zero-order chi connectivity index (χ0) is 18.6. The maximum atomic E-state index is 12.9. The molecule has 1 aromatic heterocycles. The number of pyridine rings is 1. The number of nitrogens with one attached hydrogen (secondary N) is 2. The molecule has 0 saturated heterocycles. The van der Waals surface area contributed by atoms with Crippen LogP contribution in [0.25, 0.3) is 0 Å². The topological polar surface area (TPSA) is 94.9 Å². The second-order valence-electron chi connectivity index (χ2n) is 5.31. The molecule has 0 radical (unpaired) electrons. The third kappa shape index (κ3) is 4.15. The summed E-state index contributed by atoms with van der Waals surface area (Å²) in [6.45, 7) is 0. The molecule has 8 heteroatoms. The number of aromatic nitrogens is 1. The first-order chi connectivity index (χ1) is 12.5. The van der Waals surface area contributed by atoms with Crippen LogP contribution >= 0.6 is 0 Å². The van der Waals surface area contributed by atoms with Crippen LogP contribution in [0.5, 0.6) is 0 Å². The summed E-state index contributed by atoms with van der Waals surface area (Å²) >= 11 is 0. The van der Waals surface area contributed by atoms with Gasteiger partial charge in [0.15, 0.2) is 0 Å². The number of nitrogens with zero attached hydrogens (tertiary/aromatic N) is 2. The van der Waals surface area contributed by atoms with Gasteiger partial charge in [-0.15, -0.1) is 0 Å². The van der Waals surface area contributed by atoms with E-state index in [-0.39, 0.29) is 10.7 Å². The molecule has 0 saturated carbocycles. The third-order valence-electron chi connectivity index (χ3n) is 3.41. The van der Waals surface area contributed by atoms with Crippen molar-refractivity contribution in [3.63, 3.8) is 0 Å². The molecule has 3 aromatic rings. The number of rotatable bonds is 5. The van der Waals surface area contributed by atoms with Crippen LogP contribution in [0.15, 0.2) is 71.8 Å². The Kier molecular flexibility index (Phi) is 4.82. The summed E-state index contributed by atoms with van der Waals surface area (Å²) in [6.07, 6.45) is 1.46. The number of hydrogen-bond acceptors (Lipinski definition) is 5. The lowest BCUT2D eigenvalue weighted by atomic mass is 10.2. The lowest BCUT2D eigenvalue weighted by molar-refractivity contribution is 0.599. The summed E-state index contributed by atoms with van der Waals surface area (Å²) in [7, 11) is -3.85. The van der Waals surface area contributed by atoms with E-state index >= 15 is 0 Å². The standard InChI is InChI=1S/C18H13FN4O2S/c19-14-4-7-17(8-5-14)26(24,25)23-18-9-6-16(12-21-18)22-15-3-1-2-13(10-15)11-20/h1-10,12,22H,(H,21,23). The van der Waals surface area contributed by atoms with Crippen molar-refractivity contribution in [2.45, 2.75) is 4.90 Å². The van der Waals surface area contributed by atoms with Crippen molar-refractivity contribution in [2.75, 3.05) is 10.0 Å². The molecule has 0 bridgehead atoms. The minimum Gasteiger partial charge on any atom is -0.354 e. The van der Waals surface area contributed by atoms with Crippen LogP contribution in [0.3, 0.4) is 0 Å². The summed E-state index contributed by atoms with van der Waals surface area (Å²) in [5.41, 5.74) is 1.86. The Labute approximate surface area is 150 Å². The number of sulfonamides is 1. The Balaban J connectivity index is 1.73. The Morgan fingerprint density at radius 2 is 1.77 bits per heavy atom. The highest BCUT2D eigenvalue weighted by Gasteiger charge is 2.14. The molecule has 2 N–H and O–H groups in total. The average molecular weight is 368 g/mol. The first-order valence-corrected chi connectivity index (χ1v) is 8.96. The lowest BCUT2D eigenvalue weighted by Gasteiger charge is -2.09. The van der Waals surface area contributed by atoms with Crippen LogP contribution in [0.2, 0.25) is 0 Å². The molecule has 130 valence electrons. The Bertz CT molecular complexity index is 1060. The summed E-state index contributed by atoms with van der Waals surface area (Å²) in [5.74, 6) is -0.386. The Morgan fingerprint density at radius 3 is 2.42 bits per heavy atom. The van der Waals surface area contributed by atoms with E-state index in [0.717, 1.165) is 12.1 Å². The highest BCUT2D eigenvalue weighted by molar-refractivity contribution is 7.92. The fourth-order valence-electron chi connectivity index (χ4n) is 2.17. The van der Waals surface area contributed by atoms with Crippen LogP contribution < -0.4 is 10.0 Å². The molecule has 0 aliphatic rings. The van der Waals surface area contributed by atoms with Crippen molar-refractivity contribution in [3.8, 4) is 6.07 Å². The molecule has 1 heterocycles. The van der Waals surface area contributed by atoms with Gasteiger partial charge in [0.05, 0.1) is 28.4 Å². The molecule has 0 atom stereocenters. The number of benzene rings is 2. The Morgan fingerprint density at radius 1 is 1.00 bits per heavy atom. The van der Waals surface area contributed by atoms with Crippen molar-refractivity contribution in [3.05, 3.63) is 78.2 Å². The number of anilines is 3. The van der Waals surface area contributed by atoms with Gasteiger partial charge in [0.25, 0.3) is 10.0 Å². The predicted molar refractivity (Wildman–Crippen MR) is 95.9 cm³/mol. The molecule has 2 aromatic carbocycles. The van der Waals surface area contributed by atoms with Gasteiger partial charge in [-0.3, -0.25) is 4.72 Å². The van der Waals surface area contributed by atoms with E-state index in [1.54, 1.807) is 30.3 Å². The van der Waals surface area contributed by atoms with Gasteiger partial charge >= 0.3 is 0 Å². The van der Waals surface area contributed by atoms with Crippen LogP contribution in [0.4, 0.5) is 21.6 Å². The van der Waals surface area contributed by atoms with Gasteiger partial charge in [-0.05, 0) is 54.6 Å². The first kappa shape index (κ1) is 17.4. The SMILES string of the molecule is N#Cc1cccc(Nc2ccc(NS(=O)(=O)c3ccc(F)cc3)nc2)c1. The number of hydrogen-bond donors (Lipinski definition) is 2. The van der Waals surface area contributed by atoms with E-state index in [2.05, 4.69) is 21.1 Å². The van der Waals surface area contributed by atoms with E-state index in [4.69, 9.17) is 5.26 Å². The average Bonchev–Trinajstić information content (AvgIpc) is 2.64. The summed E-state index contributed by atoms with van der Waals surface area (Å²) in [6, 6.07) is 16.6. The van der Waals surface area contributed by atoms with Gasteiger partial charge in [0.1, 0.15) is 11.6 Å². The lowest BCUT2D eigenvalue weighted by Crippen LogP contribution is -2.13. The summed E-state index contributed by atoms with van der Waals surface area (Å²) in [5, 5.41) is 12.0. The second kappa shape index (κ2) is 7.21. The van der Waals surface area contributed by atoms with Crippen LogP contribution in [0, 0.1) is 17.1 Å². The predicted octanol–water partition coefficient (Wildman–Crippen LogP) is 3.64. The van der Waals surface area contributed by atoms with Crippen molar-refractivity contribution < 1.29 is 12.8 Å². The summed E-state index contributed by atoms with van der Waals surface area (Å²) in [4.78, 5) is 3.99. The quantitative estimate of drug-likeness (QED) is 0.717. The van der Waals surface area contributed by atoms with E-state index in [1.807, 2.05) is 0 Å². The highest BCUT2D eigenvalue weighted by atomic mass is 32.2. The van der Waals surface area contributed by atoms with Crippen molar-refractivity contribution in [2.24, 2.45) is 0 Å². The molecule has 0 spiro atoms. The monoisotopic (exact) mass is 368 g/mol. The fourth-order valence-corrected chi connectivity index (χ4v) is 3.18. The van der Waals surface area contributed by atoms with Crippen molar-refractivity contribution in [1.82, 2.24) is 4.98 Å². The molecular formula is C18H13FN4O2S. The minimum absolute atomic E-state index is 0.0591. The fraction of sp³-hybridized carbons (Fsp3) is 0. The number of nitriles is 1. The van der Waals surface area contributed by atoms with Gasteiger partial charge in [-0.25, -0.2) is 17.8 Å². The second-order valence-corrected chi connectivity index (χ2v) is 6.99. The Hall–Kier alpha value is -3.44. The molecule has 0 amide bonds. The van der Waals surface area contributed by atoms with E-state index < -0.39 is 15.8 Å². The number of halogens is 1. The van der Waals surface area contributed by atoms with E-state index in [1.165, 1.54) is 24.4 Å². The van der Waals surface area contributed by atoms with Gasteiger partial charge in [-0.2, -0.15) is 5.26 Å². The largest absolute Gasteiger partial charge is 0.354 e. The van der Waals surface area contributed by atoms with Crippen LogP contribution in [-0.4, -0.2) is 13.4 Å². The molecule has 26 heavy (non-hydrogen) atoms. The molecule has 0 aliphatic heterocycles. The zero-order valence-corrected chi connectivity index (χ0v) is 14.2. The van der Waals surface area contributed by atoms with Crippen LogP contribution in [0.1, 0.15) is 5.56 Å². The maximum absolute atomic E-state index is 12.9. The van der Waals surface area contributed by atoms with Crippen LogP contribution in [-0.2, 0) is 10.0 Å². The molecule has 6 nitrogen and oxygen atoms in total. The van der Waals surface area contributed by atoms with Gasteiger partial charge in [0, 0.05) is 5.69 Å².